The lowest BCUT2D eigenvalue weighted by atomic mass is 10.1. The number of hydrogen-bond donors (Lipinski definition) is 2. The van der Waals surface area contributed by atoms with Gasteiger partial charge in [-0.15, -0.1) is 0 Å². The minimum Gasteiger partial charge on any atom is -0.397 e. The van der Waals surface area contributed by atoms with Crippen molar-refractivity contribution < 1.29 is 13.2 Å². The maximum absolute atomic E-state index is 12.1. The van der Waals surface area contributed by atoms with E-state index in [9.17, 15) is 8.42 Å². The van der Waals surface area contributed by atoms with Crippen LogP contribution < -0.4 is 15.4 Å². The molecule has 1 aliphatic heterocycles. The van der Waals surface area contributed by atoms with Gasteiger partial charge in [0.15, 0.2) is 0 Å². The molecule has 3 N–H and O–H groups in total. The Balaban J connectivity index is 2.39. The third-order valence-electron chi connectivity index (χ3n) is 3.56. The summed E-state index contributed by atoms with van der Waals surface area (Å²) in [5.74, 6) is 0. The number of morpholine rings is 1. The largest absolute Gasteiger partial charge is 0.397 e. The molecule has 0 saturated carbocycles. The molecule has 0 radical (unpaired) electrons. The van der Waals surface area contributed by atoms with E-state index in [2.05, 4.69) is 9.62 Å². The molecule has 1 heterocycles. The Morgan fingerprint density at radius 1 is 1.43 bits per heavy atom. The zero-order valence-corrected chi connectivity index (χ0v) is 13.5. The number of hydrogen-bond acceptors (Lipinski definition) is 5. The Bertz CT molecular complexity index is 603. The van der Waals surface area contributed by atoms with Crippen LogP contribution in [-0.2, 0) is 14.8 Å². The van der Waals surface area contributed by atoms with E-state index >= 15 is 0 Å². The standard InChI is InChI=1S/C14H23N3O3S/c1-4-16-21(18,19)12-5-6-13(15)14(7-12)17-8-11(3)20-9-10(17)2/h5-7,10-11,16H,4,8-9,15H2,1-3H3. The molecule has 1 aromatic carbocycles. The summed E-state index contributed by atoms with van der Waals surface area (Å²) in [6.45, 7) is 7.43. The predicted octanol–water partition coefficient (Wildman–Crippen LogP) is 1.18. The molecule has 0 aromatic heterocycles. The molecule has 1 aliphatic rings. The maximum atomic E-state index is 12.1. The van der Waals surface area contributed by atoms with Crippen molar-refractivity contribution in [2.75, 3.05) is 30.3 Å². The molecule has 2 rings (SSSR count). The minimum absolute atomic E-state index is 0.0923. The van der Waals surface area contributed by atoms with Gasteiger partial charge in [0, 0.05) is 19.1 Å². The Hall–Kier alpha value is -1.31. The summed E-state index contributed by atoms with van der Waals surface area (Å²) in [6, 6.07) is 4.97. The summed E-state index contributed by atoms with van der Waals surface area (Å²) in [5.41, 5.74) is 7.37. The van der Waals surface area contributed by atoms with Gasteiger partial charge in [-0.25, -0.2) is 13.1 Å². The van der Waals surface area contributed by atoms with E-state index in [0.29, 0.717) is 25.4 Å². The summed E-state index contributed by atoms with van der Waals surface area (Å²) >= 11 is 0. The minimum atomic E-state index is -3.48. The van der Waals surface area contributed by atoms with Crippen LogP contribution in [0.1, 0.15) is 20.8 Å². The summed E-state index contributed by atoms with van der Waals surface area (Å²) in [6.07, 6.45) is 0.0923. The molecule has 0 aliphatic carbocycles. The normalized spacial score (nSPS) is 23.3. The number of nitrogens with zero attached hydrogens (tertiary/aromatic N) is 1. The Morgan fingerprint density at radius 2 is 2.14 bits per heavy atom. The molecule has 2 atom stereocenters. The second kappa shape index (κ2) is 6.21. The highest BCUT2D eigenvalue weighted by atomic mass is 32.2. The summed E-state index contributed by atoms with van der Waals surface area (Å²) in [4.78, 5) is 2.34. The average Bonchev–Trinajstić information content (AvgIpc) is 2.42. The van der Waals surface area contributed by atoms with Gasteiger partial charge < -0.3 is 15.4 Å². The van der Waals surface area contributed by atoms with Crippen molar-refractivity contribution >= 4 is 21.4 Å². The van der Waals surface area contributed by atoms with Crippen molar-refractivity contribution in [3.63, 3.8) is 0 Å². The highest BCUT2D eigenvalue weighted by Crippen LogP contribution is 2.30. The van der Waals surface area contributed by atoms with Crippen molar-refractivity contribution in [3.05, 3.63) is 18.2 Å². The number of nitrogens with two attached hydrogens (primary N) is 1. The van der Waals surface area contributed by atoms with E-state index < -0.39 is 10.0 Å². The molecule has 0 spiro atoms. The van der Waals surface area contributed by atoms with E-state index in [1.54, 1.807) is 19.1 Å². The van der Waals surface area contributed by atoms with Crippen LogP contribution in [0.4, 0.5) is 11.4 Å². The quantitative estimate of drug-likeness (QED) is 0.815. The van der Waals surface area contributed by atoms with Crippen molar-refractivity contribution in [2.45, 2.75) is 37.8 Å². The second-order valence-electron chi connectivity index (χ2n) is 5.37. The van der Waals surface area contributed by atoms with Crippen molar-refractivity contribution in [1.82, 2.24) is 4.72 Å². The van der Waals surface area contributed by atoms with Crippen molar-refractivity contribution in [2.24, 2.45) is 0 Å². The van der Waals surface area contributed by atoms with E-state index in [-0.39, 0.29) is 17.0 Å². The lowest BCUT2D eigenvalue weighted by Crippen LogP contribution is -2.47. The van der Waals surface area contributed by atoms with Gasteiger partial charge >= 0.3 is 0 Å². The van der Waals surface area contributed by atoms with Gasteiger partial charge in [-0.1, -0.05) is 6.92 Å². The van der Waals surface area contributed by atoms with Crippen LogP contribution in [0.15, 0.2) is 23.1 Å². The molecule has 2 unspecified atom stereocenters. The van der Waals surface area contributed by atoms with E-state index in [1.165, 1.54) is 6.07 Å². The highest BCUT2D eigenvalue weighted by Gasteiger charge is 2.26. The van der Waals surface area contributed by atoms with Crippen LogP contribution in [0.25, 0.3) is 0 Å². The Labute approximate surface area is 126 Å². The van der Waals surface area contributed by atoms with Gasteiger partial charge in [-0.2, -0.15) is 0 Å². The number of ether oxygens (including phenoxy) is 1. The lowest BCUT2D eigenvalue weighted by Gasteiger charge is -2.39. The number of benzene rings is 1. The van der Waals surface area contributed by atoms with Crippen LogP contribution in [-0.4, -0.2) is 40.3 Å². The van der Waals surface area contributed by atoms with Gasteiger partial charge in [-0.05, 0) is 32.0 Å². The van der Waals surface area contributed by atoms with Gasteiger partial charge in [-0.3, -0.25) is 0 Å². The SMILES string of the molecule is CCNS(=O)(=O)c1ccc(N)c(N2CC(C)OCC2C)c1. The molecular weight excluding hydrogens is 290 g/mol. The first-order chi connectivity index (χ1) is 9.85. The third-order valence-corrected chi connectivity index (χ3v) is 5.11. The number of nitrogens with one attached hydrogen (secondary N) is 1. The van der Waals surface area contributed by atoms with Crippen LogP contribution in [0.5, 0.6) is 0 Å². The second-order valence-corrected chi connectivity index (χ2v) is 7.13. The first-order valence-electron chi connectivity index (χ1n) is 7.12. The fraction of sp³-hybridized carbons (Fsp3) is 0.571. The predicted molar refractivity (Wildman–Crippen MR) is 83.9 cm³/mol. The molecule has 1 saturated heterocycles. The third kappa shape index (κ3) is 3.48. The smallest absolute Gasteiger partial charge is 0.240 e. The van der Waals surface area contributed by atoms with E-state index in [4.69, 9.17) is 10.5 Å². The van der Waals surface area contributed by atoms with Crippen LogP contribution in [0.2, 0.25) is 0 Å². The maximum Gasteiger partial charge on any atom is 0.240 e. The van der Waals surface area contributed by atoms with Gasteiger partial charge in [0.25, 0.3) is 0 Å². The van der Waals surface area contributed by atoms with Crippen molar-refractivity contribution in [1.29, 1.82) is 0 Å². The summed E-state index contributed by atoms with van der Waals surface area (Å²) in [5, 5.41) is 0. The van der Waals surface area contributed by atoms with E-state index in [0.717, 1.165) is 5.69 Å². The molecule has 0 amide bonds. The molecule has 6 nitrogen and oxygen atoms in total. The molecule has 1 aromatic rings. The fourth-order valence-corrected chi connectivity index (χ4v) is 3.51. The van der Waals surface area contributed by atoms with E-state index in [1.807, 2.05) is 13.8 Å². The molecule has 0 bridgehead atoms. The number of nitrogen functional groups attached to an aromatic ring is 1. The highest BCUT2D eigenvalue weighted by molar-refractivity contribution is 7.89. The van der Waals surface area contributed by atoms with Gasteiger partial charge in [0.2, 0.25) is 10.0 Å². The first-order valence-corrected chi connectivity index (χ1v) is 8.61. The molecule has 118 valence electrons. The Morgan fingerprint density at radius 3 is 2.81 bits per heavy atom. The average molecular weight is 313 g/mol. The number of sulfonamides is 1. The number of rotatable bonds is 4. The van der Waals surface area contributed by atoms with Crippen molar-refractivity contribution in [3.8, 4) is 0 Å². The monoisotopic (exact) mass is 313 g/mol. The summed E-state index contributed by atoms with van der Waals surface area (Å²) in [7, 11) is -3.48. The van der Waals surface area contributed by atoms with Crippen LogP contribution >= 0.6 is 0 Å². The molecule has 7 heteroatoms. The topological polar surface area (TPSA) is 84.7 Å². The van der Waals surface area contributed by atoms with Gasteiger partial charge in [0.05, 0.1) is 29.0 Å². The zero-order chi connectivity index (χ0) is 15.6. The molecule has 1 fully saturated rings. The molecular formula is C14H23N3O3S. The number of anilines is 2. The first kappa shape index (κ1) is 16.1. The molecule has 21 heavy (non-hydrogen) atoms. The zero-order valence-electron chi connectivity index (χ0n) is 12.7. The summed E-state index contributed by atoms with van der Waals surface area (Å²) < 4.78 is 32.4. The lowest BCUT2D eigenvalue weighted by molar-refractivity contribution is 0.0344. The van der Waals surface area contributed by atoms with Crippen LogP contribution in [0.3, 0.4) is 0 Å². The fourth-order valence-electron chi connectivity index (χ4n) is 2.45. The van der Waals surface area contributed by atoms with Crippen LogP contribution in [0, 0.1) is 0 Å². The Kier molecular flexibility index (Phi) is 4.75. The van der Waals surface area contributed by atoms with Gasteiger partial charge in [0.1, 0.15) is 0 Å².